The molecule has 0 unspecified atom stereocenters. The Bertz CT molecular complexity index is 755. The van der Waals surface area contributed by atoms with Crippen molar-refractivity contribution in [3.63, 3.8) is 0 Å². The second-order valence-corrected chi connectivity index (χ2v) is 8.16. The minimum absolute atomic E-state index is 0.149. The van der Waals surface area contributed by atoms with Crippen molar-refractivity contribution in [3.8, 4) is 0 Å². The molecule has 2 heterocycles. The number of para-hydroxylation sites is 1. The summed E-state index contributed by atoms with van der Waals surface area (Å²) in [5.74, 6) is 1.11. The highest BCUT2D eigenvalue weighted by molar-refractivity contribution is 6.07. The molecular formula is C23H32N2O2. The third-order valence-electron chi connectivity index (χ3n) is 6.30. The summed E-state index contributed by atoms with van der Waals surface area (Å²) in [7, 11) is 0. The van der Waals surface area contributed by atoms with E-state index >= 15 is 0 Å². The fourth-order valence-corrected chi connectivity index (χ4v) is 4.73. The molecule has 4 heteroatoms. The van der Waals surface area contributed by atoms with E-state index in [1.165, 1.54) is 56.9 Å². The van der Waals surface area contributed by atoms with Gasteiger partial charge in [-0.3, -0.25) is 4.79 Å². The van der Waals surface area contributed by atoms with Crippen molar-refractivity contribution in [1.82, 2.24) is 9.47 Å². The third-order valence-corrected chi connectivity index (χ3v) is 6.30. The number of amides is 1. The van der Waals surface area contributed by atoms with Crippen LogP contribution in [0.25, 0.3) is 10.9 Å². The standard InChI is InChI=1S/C23H32N2O2/c26-23(24-14-16-27-17-15-24)21-18-25(22-12-5-4-11-20(21)22)13-7-6-10-19-8-2-1-3-9-19/h4-5,11-12,18-19H,1-3,6-10,13-17H2. The summed E-state index contributed by atoms with van der Waals surface area (Å²) in [5.41, 5.74) is 2.03. The van der Waals surface area contributed by atoms with E-state index < -0.39 is 0 Å². The summed E-state index contributed by atoms with van der Waals surface area (Å²) in [6.45, 7) is 3.68. The molecule has 0 spiro atoms. The first kappa shape index (κ1) is 18.5. The molecule has 1 aliphatic heterocycles. The van der Waals surface area contributed by atoms with Crippen LogP contribution in [0.4, 0.5) is 0 Å². The lowest BCUT2D eigenvalue weighted by Gasteiger charge is -2.26. The van der Waals surface area contributed by atoms with Crippen molar-refractivity contribution in [2.45, 2.75) is 57.9 Å². The van der Waals surface area contributed by atoms with E-state index in [1.807, 2.05) is 11.0 Å². The number of unbranched alkanes of at least 4 members (excludes halogenated alkanes) is 1. The molecule has 1 saturated carbocycles. The van der Waals surface area contributed by atoms with Crippen LogP contribution < -0.4 is 0 Å². The quantitative estimate of drug-likeness (QED) is 0.682. The van der Waals surface area contributed by atoms with Crippen LogP contribution in [0.1, 0.15) is 61.7 Å². The summed E-state index contributed by atoms with van der Waals surface area (Å²) in [6.07, 6.45) is 13.1. The van der Waals surface area contributed by atoms with Gasteiger partial charge in [-0.05, 0) is 18.4 Å². The maximum absolute atomic E-state index is 13.0. The number of carbonyl (C=O) groups excluding carboxylic acids is 1. The van der Waals surface area contributed by atoms with Gasteiger partial charge < -0.3 is 14.2 Å². The van der Waals surface area contributed by atoms with E-state index in [0.717, 1.165) is 23.4 Å². The zero-order valence-corrected chi connectivity index (χ0v) is 16.4. The number of hydrogen-bond acceptors (Lipinski definition) is 2. The molecule has 2 aliphatic rings. The van der Waals surface area contributed by atoms with Gasteiger partial charge in [0.1, 0.15) is 0 Å². The Hall–Kier alpha value is -1.81. The van der Waals surface area contributed by atoms with Crippen LogP contribution in [0, 0.1) is 5.92 Å². The molecule has 2 aromatic rings. The Morgan fingerprint density at radius 1 is 1.04 bits per heavy atom. The zero-order valence-electron chi connectivity index (χ0n) is 16.4. The molecular weight excluding hydrogens is 336 g/mol. The normalized spacial score (nSPS) is 18.9. The fourth-order valence-electron chi connectivity index (χ4n) is 4.73. The first-order valence-corrected chi connectivity index (χ1v) is 10.8. The molecule has 1 amide bonds. The summed E-state index contributed by atoms with van der Waals surface area (Å²) in [5, 5.41) is 1.08. The van der Waals surface area contributed by atoms with Crippen molar-refractivity contribution < 1.29 is 9.53 Å². The number of benzene rings is 1. The topological polar surface area (TPSA) is 34.5 Å². The average molecular weight is 369 g/mol. The second-order valence-electron chi connectivity index (χ2n) is 8.16. The lowest BCUT2D eigenvalue weighted by molar-refractivity contribution is 0.0304. The number of aromatic nitrogens is 1. The van der Waals surface area contributed by atoms with E-state index in [-0.39, 0.29) is 5.91 Å². The molecule has 0 N–H and O–H groups in total. The number of ether oxygens (including phenoxy) is 1. The van der Waals surface area contributed by atoms with Gasteiger partial charge in [-0.1, -0.05) is 63.1 Å². The molecule has 1 aliphatic carbocycles. The van der Waals surface area contributed by atoms with Gasteiger partial charge in [0.15, 0.2) is 0 Å². The predicted molar refractivity (Wildman–Crippen MR) is 109 cm³/mol. The van der Waals surface area contributed by atoms with Gasteiger partial charge in [-0.15, -0.1) is 0 Å². The van der Waals surface area contributed by atoms with Crippen LogP contribution in [0.3, 0.4) is 0 Å². The van der Waals surface area contributed by atoms with Gasteiger partial charge in [0, 0.05) is 36.7 Å². The minimum atomic E-state index is 0.149. The molecule has 0 radical (unpaired) electrons. The fraction of sp³-hybridized carbons (Fsp3) is 0.609. The largest absolute Gasteiger partial charge is 0.378 e. The molecule has 4 nitrogen and oxygen atoms in total. The number of nitrogens with zero attached hydrogens (tertiary/aromatic N) is 2. The Balaban J connectivity index is 1.42. The van der Waals surface area contributed by atoms with Crippen LogP contribution in [0.5, 0.6) is 0 Å². The number of aryl methyl sites for hydroxylation is 1. The lowest BCUT2D eigenvalue weighted by Crippen LogP contribution is -2.40. The second kappa shape index (κ2) is 8.92. The lowest BCUT2D eigenvalue weighted by atomic mass is 9.86. The number of rotatable bonds is 6. The Morgan fingerprint density at radius 2 is 1.81 bits per heavy atom. The summed E-state index contributed by atoms with van der Waals surface area (Å²) in [4.78, 5) is 14.9. The van der Waals surface area contributed by atoms with Crippen LogP contribution >= 0.6 is 0 Å². The highest BCUT2D eigenvalue weighted by atomic mass is 16.5. The first-order chi connectivity index (χ1) is 13.3. The molecule has 0 atom stereocenters. The summed E-state index contributed by atoms with van der Waals surface area (Å²) >= 11 is 0. The van der Waals surface area contributed by atoms with Gasteiger partial charge in [-0.2, -0.15) is 0 Å². The molecule has 1 aromatic heterocycles. The highest BCUT2D eigenvalue weighted by Gasteiger charge is 2.22. The van der Waals surface area contributed by atoms with Crippen LogP contribution in [-0.4, -0.2) is 41.7 Å². The van der Waals surface area contributed by atoms with E-state index in [0.29, 0.717) is 26.3 Å². The molecule has 1 aromatic carbocycles. The van der Waals surface area contributed by atoms with Gasteiger partial charge in [0.2, 0.25) is 0 Å². The van der Waals surface area contributed by atoms with Crippen LogP contribution in [0.15, 0.2) is 30.5 Å². The van der Waals surface area contributed by atoms with Crippen molar-refractivity contribution in [2.24, 2.45) is 5.92 Å². The summed E-state index contributed by atoms with van der Waals surface area (Å²) < 4.78 is 7.69. The Labute approximate surface area is 162 Å². The molecule has 27 heavy (non-hydrogen) atoms. The molecule has 1 saturated heterocycles. The van der Waals surface area contributed by atoms with Crippen molar-refractivity contribution in [1.29, 1.82) is 0 Å². The van der Waals surface area contributed by atoms with E-state index in [9.17, 15) is 4.79 Å². The number of fused-ring (bicyclic) bond motifs is 1. The minimum Gasteiger partial charge on any atom is -0.378 e. The Morgan fingerprint density at radius 3 is 2.63 bits per heavy atom. The van der Waals surface area contributed by atoms with Crippen molar-refractivity contribution >= 4 is 16.8 Å². The average Bonchev–Trinajstić information content (AvgIpc) is 3.11. The third kappa shape index (κ3) is 4.37. The van der Waals surface area contributed by atoms with Crippen LogP contribution in [-0.2, 0) is 11.3 Å². The van der Waals surface area contributed by atoms with Crippen molar-refractivity contribution in [2.75, 3.05) is 26.3 Å². The van der Waals surface area contributed by atoms with Gasteiger partial charge in [-0.25, -0.2) is 0 Å². The maximum Gasteiger partial charge on any atom is 0.256 e. The molecule has 2 fully saturated rings. The van der Waals surface area contributed by atoms with Gasteiger partial charge in [0.05, 0.1) is 18.8 Å². The predicted octanol–water partition coefficient (Wildman–Crippen LogP) is 4.86. The number of hydrogen-bond donors (Lipinski definition) is 0. The Kier molecular flexibility index (Phi) is 6.13. The van der Waals surface area contributed by atoms with E-state index in [2.05, 4.69) is 29.0 Å². The van der Waals surface area contributed by atoms with Gasteiger partial charge in [0.25, 0.3) is 5.91 Å². The van der Waals surface area contributed by atoms with Crippen LogP contribution in [0.2, 0.25) is 0 Å². The molecule has 0 bridgehead atoms. The number of carbonyl (C=O) groups is 1. The molecule has 4 rings (SSSR count). The van der Waals surface area contributed by atoms with E-state index in [1.54, 1.807) is 0 Å². The number of morpholine rings is 1. The zero-order chi connectivity index (χ0) is 18.5. The maximum atomic E-state index is 13.0. The van der Waals surface area contributed by atoms with Crippen molar-refractivity contribution in [3.05, 3.63) is 36.0 Å². The summed E-state index contributed by atoms with van der Waals surface area (Å²) in [6, 6.07) is 8.34. The smallest absolute Gasteiger partial charge is 0.256 e. The first-order valence-electron chi connectivity index (χ1n) is 10.8. The van der Waals surface area contributed by atoms with Gasteiger partial charge >= 0.3 is 0 Å². The van der Waals surface area contributed by atoms with E-state index in [4.69, 9.17) is 4.74 Å². The monoisotopic (exact) mass is 368 g/mol. The highest BCUT2D eigenvalue weighted by Crippen LogP contribution is 2.28. The SMILES string of the molecule is O=C(c1cn(CCCCC2CCCCC2)c2ccccc12)N1CCOCC1. The molecule has 146 valence electrons.